The fraction of sp³-hybridized carbons (Fsp3) is 0.786. The number of nitrogens with one attached hydrogen (secondary N) is 1. The summed E-state index contributed by atoms with van der Waals surface area (Å²) in [5.41, 5.74) is 1.37. The molecule has 17 heavy (non-hydrogen) atoms. The highest BCUT2D eigenvalue weighted by Gasteiger charge is 2.25. The second-order valence-electron chi connectivity index (χ2n) is 5.11. The van der Waals surface area contributed by atoms with Gasteiger partial charge in [0, 0.05) is 25.6 Å². The lowest BCUT2D eigenvalue weighted by Gasteiger charge is -2.28. The van der Waals surface area contributed by atoms with E-state index in [0.717, 1.165) is 32.5 Å². The topological polar surface area (TPSA) is 32.3 Å². The van der Waals surface area contributed by atoms with E-state index in [1.807, 2.05) is 0 Å². The molecular weight excluding hydrogens is 212 g/mol. The van der Waals surface area contributed by atoms with Crippen molar-refractivity contribution in [1.29, 1.82) is 0 Å². The first kappa shape index (κ1) is 12.6. The SMILES string of the molecule is CCN(C(=O)CC1=CCCCC1)C1CCNC1. The van der Waals surface area contributed by atoms with E-state index in [1.165, 1.54) is 24.8 Å². The number of carbonyl (C=O) groups is 1. The lowest BCUT2D eigenvalue weighted by atomic mass is 9.96. The summed E-state index contributed by atoms with van der Waals surface area (Å²) in [6, 6.07) is 0.427. The standard InChI is InChI=1S/C14H24N2O/c1-2-16(13-8-9-15-11-13)14(17)10-12-6-4-3-5-7-12/h6,13,15H,2-5,7-11H2,1H3. The maximum atomic E-state index is 12.3. The quantitative estimate of drug-likeness (QED) is 0.758. The zero-order chi connectivity index (χ0) is 12.1. The van der Waals surface area contributed by atoms with Crippen molar-refractivity contribution in [2.45, 2.75) is 51.5 Å². The minimum absolute atomic E-state index is 0.328. The van der Waals surface area contributed by atoms with E-state index in [4.69, 9.17) is 0 Å². The highest BCUT2D eigenvalue weighted by atomic mass is 16.2. The zero-order valence-corrected chi connectivity index (χ0v) is 10.9. The van der Waals surface area contributed by atoms with Crippen LogP contribution in [0, 0.1) is 0 Å². The van der Waals surface area contributed by atoms with Crippen LogP contribution in [0.1, 0.15) is 45.4 Å². The lowest BCUT2D eigenvalue weighted by Crippen LogP contribution is -2.41. The minimum Gasteiger partial charge on any atom is -0.338 e. The summed E-state index contributed by atoms with van der Waals surface area (Å²) >= 11 is 0. The van der Waals surface area contributed by atoms with Gasteiger partial charge in [-0.05, 0) is 45.6 Å². The van der Waals surface area contributed by atoms with Gasteiger partial charge in [0.15, 0.2) is 0 Å². The zero-order valence-electron chi connectivity index (χ0n) is 10.9. The third-order valence-corrected chi connectivity index (χ3v) is 3.90. The molecule has 3 heteroatoms. The summed E-state index contributed by atoms with van der Waals surface area (Å²) < 4.78 is 0. The summed E-state index contributed by atoms with van der Waals surface area (Å²) in [5.74, 6) is 0.328. The molecule has 96 valence electrons. The van der Waals surface area contributed by atoms with Gasteiger partial charge >= 0.3 is 0 Å². The van der Waals surface area contributed by atoms with Crippen LogP contribution in [-0.2, 0) is 4.79 Å². The lowest BCUT2D eigenvalue weighted by molar-refractivity contribution is -0.132. The molecule has 2 rings (SSSR count). The second-order valence-corrected chi connectivity index (χ2v) is 5.11. The van der Waals surface area contributed by atoms with Crippen LogP contribution in [0.5, 0.6) is 0 Å². The molecule has 0 spiro atoms. The van der Waals surface area contributed by atoms with Crippen LogP contribution >= 0.6 is 0 Å². The Morgan fingerprint density at radius 1 is 1.53 bits per heavy atom. The predicted molar refractivity (Wildman–Crippen MR) is 69.8 cm³/mol. The van der Waals surface area contributed by atoms with Crippen LogP contribution in [0.3, 0.4) is 0 Å². The molecule has 0 aromatic heterocycles. The van der Waals surface area contributed by atoms with Crippen LogP contribution in [0.4, 0.5) is 0 Å². The van der Waals surface area contributed by atoms with Crippen molar-refractivity contribution in [3.05, 3.63) is 11.6 Å². The monoisotopic (exact) mass is 236 g/mol. The number of allylic oxidation sites excluding steroid dienone is 1. The average Bonchev–Trinajstić information content (AvgIpc) is 2.85. The van der Waals surface area contributed by atoms with E-state index in [1.54, 1.807) is 0 Å². The van der Waals surface area contributed by atoms with E-state index < -0.39 is 0 Å². The summed E-state index contributed by atoms with van der Waals surface area (Å²) in [7, 11) is 0. The van der Waals surface area contributed by atoms with Gasteiger partial charge in [0.05, 0.1) is 0 Å². The average molecular weight is 236 g/mol. The van der Waals surface area contributed by atoms with E-state index in [9.17, 15) is 4.79 Å². The Bertz CT molecular complexity index is 293. The van der Waals surface area contributed by atoms with Gasteiger partial charge in [0.2, 0.25) is 5.91 Å². The van der Waals surface area contributed by atoms with Gasteiger partial charge in [0.25, 0.3) is 0 Å². The van der Waals surface area contributed by atoms with Crippen molar-refractivity contribution < 1.29 is 4.79 Å². The van der Waals surface area contributed by atoms with Gasteiger partial charge in [0.1, 0.15) is 0 Å². The number of rotatable bonds is 4. The molecule has 1 aliphatic heterocycles. The largest absolute Gasteiger partial charge is 0.338 e. The fourth-order valence-corrected chi connectivity index (χ4v) is 2.90. The Morgan fingerprint density at radius 2 is 2.41 bits per heavy atom. The van der Waals surface area contributed by atoms with Crippen molar-refractivity contribution in [2.24, 2.45) is 0 Å². The Kier molecular flexibility index (Phi) is 4.60. The first-order chi connectivity index (χ1) is 8.31. The van der Waals surface area contributed by atoms with Gasteiger partial charge in [-0.1, -0.05) is 11.6 Å². The van der Waals surface area contributed by atoms with Crippen molar-refractivity contribution in [1.82, 2.24) is 10.2 Å². The minimum atomic E-state index is 0.328. The van der Waals surface area contributed by atoms with E-state index in [2.05, 4.69) is 23.2 Å². The summed E-state index contributed by atoms with van der Waals surface area (Å²) in [6.07, 6.45) is 8.90. The van der Waals surface area contributed by atoms with Gasteiger partial charge < -0.3 is 10.2 Å². The number of hydrogen-bond acceptors (Lipinski definition) is 2. The van der Waals surface area contributed by atoms with Gasteiger partial charge in [-0.2, -0.15) is 0 Å². The Balaban J connectivity index is 1.89. The van der Waals surface area contributed by atoms with Crippen molar-refractivity contribution >= 4 is 5.91 Å². The number of nitrogens with zero attached hydrogens (tertiary/aromatic N) is 1. The van der Waals surface area contributed by atoms with Gasteiger partial charge in [-0.3, -0.25) is 4.79 Å². The van der Waals surface area contributed by atoms with Crippen LogP contribution in [0.25, 0.3) is 0 Å². The maximum Gasteiger partial charge on any atom is 0.226 e. The van der Waals surface area contributed by atoms with E-state index in [0.29, 0.717) is 18.4 Å². The molecule has 0 aromatic carbocycles. The first-order valence-corrected chi connectivity index (χ1v) is 6.99. The number of amides is 1. The molecule has 0 bridgehead atoms. The Labute approximate surface area is 104 Å². The molecule has 0 saturated carbocycles. The molecule has 1 N–H and O–H groups in total. The van der Waals surface area contributed by atoms with Crippen LogP contribution in [0.15, 0.2) is 11.6 Å². The predicted octanol–water partition coefficient (Wildman–Crippen LogP) is 2.09. The van der Waals surface area contributed by atoms with Crippen LogP contribution in [-0.4, -0.2) is 36.5 Å². The fourth-order valence-electron chi connectivity index (χ4n) is 2.90. The normalized spacial score (nSPS) is 24.5. The summed E-state index contributed by atoms with van der Waals surface area (Å²) in [5, 5.41) is 3.34. The van der Waals surface area contributed by atoms with E-state index >= 15 is 0 Å². The number of hydrogen-bond donors (Lipinski definition) is 1. The molecule has 1 amide bonds. The Hall–Kier alpha value is -0.830. The van der Waals surface area contributed by atoms with Crippen LogP contribution in [0.2, 0.25) is 0 Å². The molecule has 3 nitrogen and oxygen atoms in total. The molecule has 1 saturated heterocycles. The maximum absolute atomic E-state index is 12.3. The molecule has 1 atom stereocenters. The molecule has 1 aliphatic carbocycles. The highest BCUT2D eigenvalue weighted by Crippen LogP contribution is 2.21. The summed E-state index contributed by atoms with van der Waals surface area (Å²) in [6.45, 7) is 4.96. The summed E-state index contributed by atoms with van der Waals surface area (Å²) in [4.78, 5) is 14.4. The molecule has 0 aromatic rings. The smallest absolute Gasteiger partial charge is 0.226 e. The molecule has 0 radical (unpaired) electrons. The first-order valence-electron chi connectivity index (χ1n) is 6.99. The highest BCUT2D eigenvalue weighted by molar-refractivity contribution is 5.79. The molecule has 1 fully saturated rings. The third kappa shape index (κ3) is 3.32. The second kappa shape index (κ2) is 6.20. The van der Waals surface area contributed by atoms with Gasteiger partial charge in [-0.25, -0.2) is 0 Å². The molecule has 1 unspecified atom stereocenters. The van der Waals surface area contributed by atoms with Crippen molar-refractivity contribution in [3.63, 3.8) is 0 Å². The molecule has 2 aliphatic rings. The van der Waals surface area contributed by atoms with Crippen molar-refractivity contribution in [2.75, 3.05) is 19.6 Å². The third-order valence-electron chi connectivity index (χ3n) is 3.90. The van der Waals surface area contributed by atoms with Gasteiger partial charge in [-0.15, -0.1) is 0 Å². The van der Waals surface area contributed by atoms with Crippen molar-refractivity contribution in [3.8, 4) is 0 Å². The number of carbonyl (C=O) groups excluding carboxylic acids is 1. The Morgan fingerprint density at radius 3 is 3.00 bits per heavy atom. The number of likely N-dealkylation sites (N-methyl/N-ethyl adjacent to an activating group) is 1. The van der Waals surface area contributed by atoms with E-state index in [-0.39, 0.29) is 0 Å². The molecular formula is C14H24N2O. The molecule has 1 heterocycles. The van der Waals surface area contributed by atoms with Crippen LogP contribution < -0.4 is 5.32 Å².